The SMILES string of the molecule is CC(Cl)c1nc2cccnc2n1C(CN(C)C)C(C)C. The number of halogens is 1. The molecule has 2 aromatic heterocycles. The highest BCUT2D eigenvalue weighted by Gasteiger charge is 2.25. The zero-order valence-electron chi connectivity index (χ0n) is 12.8. The molecular weight excluding hydrogens is 272 g/mol. The summed E-state index contributed by atoms with van der Waals surface area (Å²) in [5.41, 5.74) is 1.84. The molecule has 5 heteroatoms. The highest BCUT2D eigenvalue weighted by Crippen LogP contribution is 2.30. The Morgan fingerprint density at radius 3 is 2.55 bits per heavy atom. The summed E-state index contributed by atoms with van der Waals surface area (Å²) in [5, 5.41) is -0.132. The summed E-state index contributed by atoms with van der Waals surface area (Å²) in [4.78, 5) is 11.4. The van der Waals surface area contributed by atoms with Gasteiger partial charge in [-0.2, -0.15) is 0 Å². The first-order chi connectivity index (χ1) is 9.41. The van der Waals surface area contributed by atoms with E-state index in [0.29, 0.717) is 12.0 Å². The lowest BCUT2D eigenvalue weighted by molar-refractivity contribution is 0.268. The van der Waals surface area contributed by atoms with Crippen LogP contribution >= 0.6 is 11.6 Å². The van der Waals surface area contributed by atoms with E-state index in [-0.39, 0.29) is 5.38 Å². The van der Waals surface area contributed by atoms with Gasteiger partial charge in [0.2, 0.25) is 0 Å². The quantitative estimate of drug-likeness (QED) is 0.792. The maximum Gasteiger partial charge on any atom is 0.160 e. The van der Waals surface area contributed by atoms with Gasteiger partial charge in [-0.15, -0.1) is 11.6 Å². The van der Waals surface area contributed by atoms with Gasteiger partial charge in [-0.1, -0.05) is 13.8 Å². The van der Waals surface area contributed by atoms with E-state index in [1.165, 1.54) is 0 Å². The molecule has 2 heterocycles. The molecule has 2 unspecified atom stereocenters. The molecule has 2 rings (SSSR count). The second-order valence-corrected chi connectivity index (χ2v) is 6.53. The first-order valence-corrected chi connectivity index (χ1v) is 7.47. The van der Waals surface area contributed by atoms with Crippen LogP contribution in [0.25, 0.3) is 11.2 Å². The van der Waals surface area contributed by atoms with E-state index >= 15 is 0 Å². The molecular formula is C15H23ClN4. The van der Waals surface area contributed by atoms with Crippen molar-refractivity contribution >= 4 is 22.8 Å². The molecule has 20 heavy (non-hydrogen) atoms. The summed E-state index contributed by atoms with van der Waals surface area (Å²) in [6.45, 7) is 7.36. The van der Waals surface area contributed by atoms with Crippen LogP contribution in [0.15, 0.2) is 18.3 Å². The third-order valence-corrected chi connectivity index (χ3v) is 3.68. The maximum atomic E-state index is 6.34. The summed E-state index contributed by atoms with van der Waals surface area (Å²) in [7, 11) is 4.18. The van der Waals surface area contributed by atoms with Crippen LogP contribution in [0.4, 0.5) is 0 Å². The predicted molar refractivity (Wildman–Crippen MR) is 84.2 cm³/mol. The Hall–Kier alpha value is -1.13. The molecule has 0 bridgehead atoms. The van der Waals surface area contributed by atoms with E-state index < -0.39 is 0 Å². The van der Waals surface area contributed by atoms with E-state index in [0.717, 1.165) is 23.5 Å². The normalized spacial score (nSPS) is 15.2. The summed E-state index contributed by atoms with van der Waals surface area (Å²) < 4.78 is 2.22. The molecule has 0 saturated heterocycles. The van der Waals surface area contributed by atoms with E-state index in [4.69, 9.17) is 11.6 Å². The smallest absolute Gasteiger partial charge is 0.160 e. The van der Waals surface area contributed by atoms with Gasteiger partial charge in [0, 0.05) is 12.7 Å². The average Bonchev–Trinajstić information content (AvgIpc) is 2.74. The van der Waals surface area contributed by atoms with Crippen molar-refractivity contribution < 1.29 is 0 Å². The molecule has 2 aromatic rings. The van der Waals surface area contributed by atoms with Gasteiger partial charge in [-0.25, -0.2) is 9.97 Å². The fraction of sp³-hybridized carbons (Fsp3) is 0.600. The Kier molecular flexibility index (Phi) is 4.66. The van der Waals surface area contributed by atoms with Crippen molar-refractivity contribution in [1.82, 2.24) is 19.4 Å². The molecule has 0 N–H and O–H groups in total. The van der Waals surface area contributed by atoms with Gasteiger partial charge in [0.25, 0.3) is 0 Å². The topological polar surface area (TPSA) is 34.0 Å². The maximum absolute atomic E-state index is 6.34. The number of hydrogen-bond acceptors (Lipinski definition) is 3. The van der Waals surface area contributed by atoms with Crippen molar-refractivity contribution in [2.45, 2.75) is 32.2 Å². The van der Waals surface area contributed by atoms with E-state index in [1.54, 1.807) is 0 Å². The summed E-state index contributed by atoms with van der Waals surface area (Å²) >= 11 is 6.34. The minimum absolute atomic E-state index is 0.132. The van der Waals surface area contributed by atoms with Crippen LogP contribution in [0.3, 0.4) is 0 Å². The monoisotopic (exact) mass is 294 g/mol. The standard InChI is InChI=1S/C15H23ClN4/c1-10(2)13(9-19(4)5)20-14(11(3)16)18-12-7-6-8-17-15(12)20/h6-8,10-11,13H,9H2,1-5H3. The van der Waals surface area contributed by atoms with Gasteiger partial charge in [0.1, 0.15) is 11.3 Å². The lowest BCUT2D eigenvalue weighted by atomic mass is 10.0. The first kappa shape index (κ1) is 15.3. The molecule has 0 radical (unpaired) electrons. The van der Waals surface area contributed by atoms with Crippen LogP contribution in [-0.4, -0.2) is 40.1 Å². The highest BCUT2D eigenvalue weighted by atomic mass is 35.5. The van der Waals surface area contributed by atoms with Crippen LogP contribution in [0.1, 0.15) is 38.0 Å². The van der Waals surface area contributed by atoms with Crippen LogP contribution in [0.5, 0.6) is 0 Å². The summed E-state index contributed by atoms with van der Waals surface area (Å²) in [6.07, 6.45) is 1.82. The minimum Gasteiger partial charge on any atom is -0.307 e. The summed E-state index contributed by atoms with van der Waals surface area (Å²) in [5.74, 6) is 1.38. The van der Waals surface area contributed by atoms with Crippen LogP contribution in [0.2, 0.25) is 0 Å². The molecule has 0 aromatic carbocycles. The second-order valence-electron chi connectivity index (χ2n) is 5.88. The number of imidazole rings is 1. The Labute approximate surface area is 125 Å². The van der Waals surface area contributed by atoms with E-state index in [2.05, 4.69) is 47.4 Å². The van der Waals surface area contributed by atoms with Crippen molar-refractivity contribution in [1.29, 1.82) is 0 Å². The minimum atomic E-state index is -0.132. The molecule has 0 aliphatic rings. The fourth-order valence-corrected chi connectivity index (χ4v) is 2.67. The number of fused-ring (bicyclic) bond motifs is 1. The molecule has 2 atom stereocenters. The zero-order chi connectivity index (χ0) is 14.9. The van der Waals surface area contributed by atoms with Crippen LogP contribution < -0.4 is 0 Å². The van der Waals surface area contributed by atoms with Gasteiger partial charge in [-0.05, 0) is 39.1 Å². The third kappa shape index (κ3) is 2.96. The Morgan fingerprint density at radius 1 is 1.30 bits per heavy atom. The predicted octanol–water partition coefficient (Wildman–Crippen LogP) is 3.49. The average molecular weight is 295 g/mol. The van der Waals surface area contributed by atoms with Crippen LogP contribution in [-0.2, 0) is 0 Å². The summed E-state index contributed by atoms with van der Waals surface area (Å²) in [6, 6.07) is 4.22. The number of rotatable bonds is 5. The number of likely N-dealkylation sites (N-methyl/N-ethyl adjacent to an activating group) is 1. The van der Waals surface area contributed by atoms with Crippen molar-refractivity contribution in [3.8, 4) is 0 Å². The molecule has 0 fully saturated rings. The van der Waals surface area contributed by atoms with E-state index in [1.807, 2.05) is 25.3 Å². The molecule has 0 amide bonds. The number of nitrogens with zero attached hydrogens (tertiary/aromatic N) is 4. The number of aromatic nitrogens is 3. The zero-order valence-corrected chi connectivity index (χ0v) is 13.6. The lowest BCUT2D eigenvalue weighted by Gasteiger charge is -2.28. The van der Waals surface area contributed by atoms with Crippen molar-refractivity contribution in [2.75, 3.05) is 20.6 Å². The highest BCUT2D eigenvalue weighted by molar-refractivity contribution is 6.20. The first-order valence-electron chi connectivity index (χ1n) is 7.03. The van der Waals surface area contributed by atoms with Gasteiger partial charge >= 0.3 is 0 Å². The number of hydrogen-bond donors (Lipinski definition) is 0. The van der Waals surface area contributed by atoms with Gasteiger partial charge < -0.3 is 9.47 Å². The second kappa shape index (κ2) is 6.10. The lowest BCUT2D eigenvalue weighted by Crippen LogP contribution is -2.29. The molecule has 0 aliphatic carbocycles. The fourth-order valence-electron chi connectivity index (χ4n) is 2.52. The van der Waals surface area contributed by atoms with Crippen molar-refractivity contribution in [3.05, 3.63) is 24.2 Å². The Morgan fingerprint density at radius 2 is 2.00 bits per heavy atom. The van der Waals surface area contributed by atoms with Crippen molar-refractivity contribution in [2.24, 2.45) is 5.92 Å². The molecule has 0 saturated carbocycles. The third-order valence-electron chi connectivity index (χ3n) is 3.49. The van der Waals surface area contributed by atoms with E-state index in [9.17, 15) is 0 Å². The Balaban J connectivity index is 2.62. The molecule has 0 aliphatic heterocycles. The van der Waals surface area contributed by atoms with Crippen molar-refractivity contribution in [3.63, 3.8) is 0 Å². The van der Waals surface area contributed by atoms with Gasteiger partial charge in [-0.3, -0.25) is 0 Å². The van der Waals surface area contributed by atoms with Crippen LogP contribution in [0, 0.1) is 5.92 Å². The molecule has 0 spiro atoms. The largest absolute Gasteiger partial charge is 0.307 e. The number of alkyl halides is 1. The molecule has 110 valence electrons. The molecule has 4 nitrogen and oxygen atoms in total. The van der Waals surface area contributed by atoms with Gasteiger partial charge in [0.15, 0.2) is 5.65 Å². The number of pyridine rings is 1. The Bertz CT molecular complexity index is 574. The van der Waals surface area contributed by atoms with Gasteiger partial charge in [0.05, 0.1) is 11.4 Å².